The highest BCUT2D eigenvalue weighted by molar-refractivity contribution is 5.24. The van der Waals surface area contributed by atoms with Gasteiger partial charge in [-0.15, -0.1) is 0 Å². The van der Waals surface area contributed by atoms with Gasteiger partial charge in [0.1, 0.15) is 5.60 Å². The Morgan fingerprint density at radius 1 is 1.29 bits per heavy atom. The summed E-state index contributed by atoms with van der Waals surface area (Å²) in [5.74, 6) is 0. The lowest BCUT2D eigenvalue weighted by Gasteiger charge is -2.34. The second kappa shape index (κ2) is 2.99. The number of aromatic amines is 1. The molecule has 1 aromatic heterocycles. The van der Waals surface area contributed by atoms with Gasteiger partial charge in [-0.25, -0.2) is 0 Å². The lowest BCUT2D eigenvalue weighted by Crippen LogP contribution is -2.30. The minimum Gasteiger partial charge on any atom is -0.380 e. The zero-order valence-corrected chi connectivity index (χ0v) is 8.75. The van der Waals surface area contributed by atoms with Gasteiger partial charge < -0.3 is 10.1 Å². The molecular weight excluding hydrogens is 174 g/mol. The number of H-pyrrole nitrogens is 1. The Hall–Kier alpha value is -1.02. The molecule has 2 rings (SSSR count). The largest absolute Gasteiger partial charge is 0.380 e. The highest BCUT2D eigenvalue weighted by Gasteiger charge is 2.33. The predicted molar refractivity (Wildman–Crippen MR) is 56.8 cm³/mol. The molecule has 1 atom stereocenters. The summed E-state index contributed by atoms with van der Waals surface area (Å²) in [6.45, 7) is 4.38. The van der Waals surface area contributed by atoms with Crippen LogP contribution in [0.1, 0.15) is 32.4 Å². The summed E-state index contributed by atoms with van der Waals surface area (Å²) in [6, 6.07) is 3.85. The molecule has 1 aliphatic carbocycles. The molecule has 1 aromatic rings. The lowest BCUT2D eigenvalue weighted by atomic mass is 9.76. The Kier molecular flexibility index (Phi) is 2.04. The first-order valence-corrected chi connectivity index (χ1v) is 5.09. The van der Waals surface area contributed by atoms with E-state index in [0.717, 1.165) is 18.5 Å². The second-order valence-corrected chi connectivity index (χ2v) is 4.83. The molecule has 0 saturated carbocycles. The van der Waals surface area contributed by atoms with E-state index in [1.54, 1.807) is 0 Å². The van der Waals surface area contributed by atoms with Crippen LogP contribution in [0.2, 0.25) is 0 Å². The van der Waals surface area contributed by atoms with Crippen molar-refractivity contribution in [3.8, 4) is 0 Å². The van der Waals surface area contributed by atoms with Gasteiger partial charge >= 0.3 is 0 Å². The van der Waals surface area contributed by atoms with E-state index in [2.05, 4.69) is 24.9 Å². The first-order valence-electron chi connectivity index (χ1n) is 5.09. The average Bonchev–Trinajstić information content (AvgIpc) is 2.64. The normalized spacial score (nSPS) is 30.5. The quantitative estimate of drug-likeness (QED) is 0.657. The fourth-order valence-electron chi connectivity index (χ4n) is 1.87. The number of hydrogen-bond acceptors (Lipinski definition) is 1. The van der Waals surface area contributed by atoms with Crippen molar-refractivity contribution in [3.63, 3.8) is 0 Å². The van der Waals surface area contributed by atoms with E-state index in [9.17, 15) is 5.11 Å². The number of aliphatic hydroxyl groups is 1. The van der Waals surface area contributed by atoms with E-state index in [4.69, 9.17) is 0 Å². The van der Waals surface area contributed by atoms with Crippen LogP contribution >= 0.6 is 0 Å². The van der Waals surface area contributed by atoms with E-state index < -0.39 is 5.60 Å². The molecule has 0 bridgehead atoms. The third kappa shape index (κ3) is 1.62. The highest BCUT2D eigenvalue weighted by atomic mass is 16.3. The maximum absolute atomic E-state index is 10.3. The third-order valence-corrected chi connectivity index (χ3v) is 3.03. The first-order chi connectivity index (χ1) is 6.52. The Bertz CT molecular complexity index is 337. The highest BCUT2D eigenvalue weighted by Crippen LogP contribution is 2.39. The van der Waals surface area contributed by atoms with Gasteiger partial charge in [0, 0.05) is 6.20 Å². The van der Waals surface area contributed by atoms with Crippen LogP contribution in [0.15, 0.2) is 30.5 Å². The molecule has 0 aromatic carbocycles. The van der Waals surface area contributed by atoms with Crippen molar-refractivity contribution in [1.29, 1.82) is 0 Å². The summed E-state index contributed by atoms with van der Waals surface area (Å²) in [6.07, 6.45) is 7.68. The number of aromatic nitrogens is 1. The number of allylic oxidation sites excluding steroid dienone is 1. The van der Waals surface area contributed by atoms with Crippen molar-refractivity contribution in [2.24, 2.45) is 5.41 Å². The maximum atomic E-state index is 10.3. The summed E-state index contributed by atoms with van der Waals surface area (Å²) in [4.78, 5) is 3.07. The molecule has 1 heterocycles. The van der Waals surface area contributed by atoms with Crippen LogP contribution in [-0.4, -0.2) is 10.1 Å². The Morgan fingerprint density at radius 3 is 2.57 bits per heavy atom. The molecule has 2 heteroatoms. The molecule has 0 fully saturated rings. The molecule has 0 spiro atoms. The third-order valence-electron chi connectivity index (χ3n) is 3.03. The van der Waals surface area contributed by atoms with Crippen molar-refractivity contribution in [2.45, 2.75) is 32.3 Å². The van der Waals surface area contributed by atoms with Gasteiger partial charge in [0.05, 0.1) is 5.69 Å². The zero-order chi connectivity index (χ0) is 10.2. The molecule has 1 aliphatic rings. The number of hydrogen-bond donors (Lipinski definition) is 2. The van der Waals surface area contributed by atoms with Crippen molar-refractivity contribution < 1.29 is 5.11 Å². The van der Waals surface area contributed by atoms with Gasteiger partial charge in [-0.05, 0) is 30.4 Å². The van der Waals surface area contributed by atoms with Gasteiger partial charge in [0.2, 0.25) is 0 Å². The monoisotopic (exact) mass is 191 g/mol. The van der Waals surface area contributed by atoms with Crippen LogP contribution in [0, 0.1) is 5.41 Å². The van der Waals surface area contributed by atoms with Gasteiger partial charge in [0.25, 0.3) is 0 Å². The molecule has 14 heavy (non-hydrogen) atoms. The van der Waals surface area contributed by atoms with Gasteiger partial charge in [-0.3, -0.25) is 0 Å². The van der Waals surface area contributed by atoms with E-state index in [0.29, 0.717) is 0 Å². The molecule has 0 saturated heterocycles. The van der Waals surface area contributed by atoms with Gasteiger partial charge in [-0.1, -0.05) is 26.0 Å². The smallest absolute Gasteiger partial charge is 0.122 e. The van der Waals surface area contributed by atoms with Crippen molar-refractivity contribution in [3.05, 3.63) is 36.2 Å². The van der Waals surface area contributed by atoms with E-state index in [-0.39, 0.29) is 5.41 Å². The summed E-state index contributed by atoms with van der Waals surface area (Å²) in [7, 11) is 0. The molecule has 0 amide bonds. The molecular formula is C12H17NO. The van der Waals surface area contributed by atoms with Crippen molar-refractivity contribution >= 4 is 0 Å². The maximum Gasteiger partial charge on any atom is 0.122 e. The van der Waals surface area contributed by atoms with Crippen LogP contribution < -0.4 is 0 Å². The predicted octanol–water partition coefficient (Wildman–Crippen LogP) is 2.58. The Balaban J connectivity index is 2.29. The number of nitrogens with one attached hydrogen (secondary N) is 1. The average molecular weight is 191 g/mol. The Morgan fingerprint density at radius 2 is 2.07 bits per heavy atom. The fourth-order valence-corrected chi connectivity index (χ4v) is 1.87. The standard InChI is InChI=1S/C12H17NO/c1-11(2)5-7-12(14,8-6-11)10-4-3-9-13-10/h3-5,7,9,13-14H,6,8H2,1-2H3. The first kappa shape index (κ1) is 9.53. The van der Waals surface area contributed by atoms with Crippen LogP contribution in [0.3, 0.4) is 0 Å². The van der Waals surface area contributed by atoms with E-state index >= 15 is 0 Å². The van der Waals surface area contributed by atoms with E-state index in [1.165, 1.54) is 0 Å². The second-order valence-electron chi connectivity index (χ2n) is 4.83. The summed E-state index contributed by atoms with van der Waals surface area (Å²) < 4.78 is 0. The SMILES string of the molecule is CC1(C)C=CC(O)(c2ccc[nH]2)CC1. The van der Waals surface area contributed by atoms with E-state index in [1.807, 2.05) is 24.4 Å². The lowest BCUT2D eigenvalue weighted by molar-refractivity contribution is 0.0544. The van der Waals surface area contributed by atoms with Crippen molar-refractivity contribution in [1.82, 2.24) is 4.98 Å². The molecule has 1 unspecified atom stereocenters. The molecule has 0 aliphatic heterocycles. The zero-order valence-electron chi connectivity index (χ0n) is 8.75. The van der Waals surface area contributed by atoms with Crippen LogP contribution in [0.4, 0.5) is 0 Å². The minimum absolute atomic E-state index is 0.221. The molecule has 2 N–H and O–H groups in total. The topological polar surface area (TPSA) is 36.0 Å². The van der Waals surface area contributed by atoms with Crippen LogP contribution in [0.5, 0.6) is 0 Å². The molecule has 76 valence electrons. The summed E-state index contributed by atoms with van der Waals surface area (Å²) in [5, 5.41) is 10.3. The Labute approximate surface area is 84.7 Å². The fraction of sp³-hybridized carbons (Fsp3) is 0.500. The van der Waals surface area contributed by atoms with Gasteiger partial charge in [-0.2, -0.15) is 0 Å². The van der Waals surface area contributed by atoms with Crippen LogP contribution in [-0.2, 0) is 5.60 Å². The number of rotatable bonds is 1. The summed E-state index contributed by atoms with van der Waals surface area (Å²) >= 11 is 0. The summed E-state index contributed by atoms with van der Waals surface area (Å²) in [5.41, 5.74) is 0.335. The minimum atomic E-state index is -0.779. The molecule has 2 nitrogen and oxygen atoms in total. The molecule has 0 radical (unpaired) electrons. The van der Waals surface area contributed by atoms with Crippen molar-refractivity contribution in [2.75, 3.05) is 0 Å². The van der Waals surface area contributed by atoms with Crippen LogP contribution in [0.25, 0.3) is 0 Å². The van der Waals surface area contributed by atoms with Gasteiger partial charge in [0.15, 0.2) is 0 Å².